The molecule has 1 amide bonds. The summed E-state index contributed by atoms with van der Waals surface area (Å²) in [6.07, 6.45) is 0. The second-order valence-corrected chi connectivity index (χ2v) is 7.44. The molecule has 0 fully saturated rings. The summed E-state index contributed by atoms with van der Waals surface area (Å²) in [7, 11) is 3.51. The average Bonchev–Trinajstić information content (AvgIpc) is 3.12. The second kappa shape index (κ2) is 9.10. The van der Waals surface area contributed by atoms with Gasteiger partial charge in [-0.2, -0.15) is 0 Å². The number of anilines is 1. The minimum absolute atomic E-state index is 0.123. The molecule has 4 aromatic rings. The Bertz CT molecular complexity index is 1200. The molecule has 1 aromatic heterocycles. The number of rotatable bonds is 8. The Labute approximate surface area is 181 Å². The van der Waals surface area contributed by atoms with Crippen LogP contribution in [0.4, 0.5) is 5.69 Å². The third kappa shape index (κ3) is 4.64. The lowest BCUT2D eigenvalue weighted by Crippen LogP contribution is -2.29. The summed E-state index contributed by atoms with van der Waals surface area (Å²) in [5.41, 5.74) is 3.21. The molecule has 1 heterocycles. The van der Waals surface area contributed by atoms with Crippen LogP contribution in [-0.4, -0.2) is 38.1 Å². The van der Waals surface area contributed by atoms with Crippen molar-refractivity contribution in [2.45, 2.75) is 13.5 Å². The van der Waals surface area contributed by atoms with Crippen LogP contribution in [0.1, 0.15) is 12.5 Å². The molecular formula is C25H26N2O4. The molecule has 6 nitrogen and oxygen atoms in total. The molecule has 0 spiro atoms. The predicted octanol–water partition coefficient (Wildman–Crippen LogP) is 5.06. The molecule has 0 aliphatic heterocycles. The molecule has 0 atom stereocenters. The molecule has 0 aliphatic carbocycles. The number of benzene rings is 3. The summed E-state index contributed by atoms with van der Waals surface area (Å²) in [5, 5.41) is 4.93. The lowest BCUT2D eigenvalue weighted by Gasteiger charge is -2.17. The first-order chi connectivity index (χ1) is 15.1. The number of furan rings is 1. The number of nitrogens with zero attached hydrogens (tertiary/aromatic N) is 1. The highest BCUT2D eigenvalue weighted by Gasteiger charge is 2.15. The average molecular weight is 418 g/mol. The Kier molecular flexibility index (Phi) is 6.09. The molecule has 0 unspecified atom stereocenters. The molecule has 160 valence electrons. The predicted molar refractivity (Wildman–Crippen MR) is 123 cm³/mol. The Morgan fingerprint density at radius 3 is 2.55 bits per heavy atom. The minimum atomic E-state index is -0.123. The number of methoxy groups -OCH3 is 1. The maximum Gasteiger partial charge on any atom is 0.238 e. The number of carbonyl (C=O) groups is 1. The fourth-order valence-corrected chi connectivity index (χ4v) is 3.68. The van der Waals surface area contributed by atoms with Gasteiger partial charge in [-0.1, -0.05) is 30.3 Å². The molecule has 4 rings (SSSR count). The zero-order chi connectivity index (χ0) is 21.8. The number of para-hydroxylation sites is 1. The SMILES string of the molecule is CCOc1ccc(CN(C)CC(=O)Nc2cc3oc4ccccc4c3cc2OC)cc1. The molecule has 3 aromatic carbocycles. The van der Waals surface area contributed by atoms with Crippen molar-refractivity contribution in [2.75, 3.05) is 32.6 Å². The van der Waals surface area contributed by atoms with Crippen molar-refractivity contribution in [1.82, 2.24) is 4.90 Å². The van der Waals surface area contributed by atoms with Gasteiger partial charge in [-0.05, 0) is 43.8 Å². The Morgan fingerprint density at radius 2 is 1.81 bits per heavy atom. The lowest BCUT2D eigenvalue weighted by molar-refractivity contribution is -0.117. The van der Waals surface area contributed by atoms with Gasteiger partial charge in [-0.15, -0.1) is 0 Å². The number of carbonyl (C=O) groups excluding carboxylic acids is 1. The maximum atomic E-state index is 12.7. The van der Waals surface area contributed by atoms with E-state index in [-0.39, 0.29) is 12.5 Å². The summed E-state index contributed by atoms with van der Waals surface area (Å²) in [6, 6.07) is 19.5. The Morgan fingerprint density at radius 1 is 1.03 bits per heavy atom. The molecular weight excluding hydrogens is 392 g/mol. The van der Waals surface area contributed by atoms with E-state index in [0.717, 1.165) is 27.7 Å². The van der Waals surface area contributed by atoms with E-state index in [4.69, 9.17) is 13.9 Å². The van der Waals surface area contributed by atoms with Crippen molar-refractivity contribution < 1.29 is 18.7 Å². The van der Waals surface area contributed by atoms with Crippen molar-refractivity contribution in [2.24, 2.45) is 0 Å². The fraction of sp³-hybridized carbons (Fsp3) is 0.240. The van der Waals surface area contributed by atoms with Gasteiger partial charge in [-0.3, -0.25) is 9.69 Å². The second-order valence-electron chi connectivity index (χ2n) is 7.44. The number of hydrogen-bond acceptors (Lipinski definition) is 5. The number of amides is 1. The van der Waals surface area contributed by atoms with Gasteiger partial charge in [0.05, 0.1) is 25.9 Å². The van der Waals surface area contributed by atoms with E-state index in [9.17, 15) is 4.79 Å². The largest absolute Gasteiger partial charge is 0.495 e. The fourth-order valence-electron chi connectivity index (χ4n) is 3.68. The smallest absolute Gasteiger partial charge is 0.238 e. The van der Waals surface area contributed by atoms with Crippen molar-refractivity contribution in [1.29, 1.82) is 0 Å². The van der Waals surface area contributed by atoms with Crippen LogP contribution in [0.15, 0.2) is 65.1 Å². The standard InChI is InChI=1S/C25H26N2O4/c1-4-30-18-11-9-17(10-12-18)15-27(2)16-25(28)26-21-14-23-20(13-24(21)29-3)19-7-5-6-8-22(19)31-23/h5-14H,4,15-16H2,1-3H3,(H,26,28). The lowest BCUT2D eigenvalue weighted by atomic mass is 10.1. The molecule has 1 N–H and O–H groups in total. The van der Waals surface area contributed by atoms with Crippen molar-refractivity contribution in [3.63, 3.8) is 0 Å². The van der Waals surface area contributed by atoms with E-state index < -0.39 is 0 Å². The normalized spacial score (nSPS) is 11.2. The van der Waals surface area contributed by atoms with Crippen LogP contribution in [0.5, 0.6) is 11.5 Å². The maximum absolute atomic E-state index is 12.7. The molecule has 0 saturated heterocycles. The van der Waals surface area contributed by atoms with E-state index in [2.05, 4.69) is 5.32 Å². The van der Waals surface area contributed by atoms with Crippen LogP contribution in [-0.2, 0) is 11.3 Å². The van der Waals surface area contributed by atoms with E-state index in [0.29, 0.717) is 30.2 Å². The van der Waals surface area contributed by atoms with Crippen LogP contribution < -0.4 is 14.8 Å². The van der Waals surface area contributed by atoms with Crippen LogP contribution in [0.3, 0.4) is 0 Å². The first kappa shape index (κ1) is 20.8. The van der Waals surface area contributed by atoms with Gasteiger partial charge in [0, 0.05) is 23.4 Å². The van der Waals surface area contributed by atoms with Crippen LogP contribution in [0, 0.1) is 0 Å². The molecule has 31 heavy (non-hydrogen) atoms. The van der Waals surface area contributed by atoms with Gasteiger partial charge >= 0.3 is 0 Å². The Balaban J connectivity index is 1.45. The quantitative estimate of drug-likeness (QED) is 0.433. The van der Waals surface area contributed by atoms with Gasteiger partial charge < -0.3 is 19.2 Å². The van der Waals surface area contributed by atoms with E-state index in [1.165, 1.54) is 0 Å². The summed E-state index contributed by atoms with van der Waals surface area (Å²) in [5.74, 6) is 1.32. The highest BCUT2D eigenvalue weighted by atomic mass is 16.5. The van der Waals surface area contributed by atoms with Crippen LogP contribution >= 0.6 is 0 Å². The summed E-state index contributed by atoms with van der Waals surface area (Å²) in [4.78, 5) is 14.6. The highest BCUT2D eigenvalue weighted by molar-refractivity contribution is 6.07. The highest BCUT2D eigenvalue weighted by Crippen LogP contribution is 2.36. The monoisotopic (exact) mass is 418 g/mol. The molecule has 6 heteroatoms. The molecule has 0 bridgehead atoms. The van der Waals surface area contributed by atoms with E-state index >= 15 is 0 Å². The summed E-state index contributed by atoms with van der Waals surface area (Å²) in [6.45, 7) is 3.50. The molecule has 0 radical (unpaired) electrons. The first-order valence-corrected chi connectivity index (χ1v) is 10.3. The van der Waals surface area contributed by atoms with E-state index in [1.807, 2.05) is 79.5 Å². The zero-order valence-electron chi connectivity index (χ0n) is 18.0. The van der Waals surface area contributed by atoms with Gasteiger partial charge in [0.2, 0.25) is 5.91 Å². The summed E-state index contributed by atoms with van der Waals surface area (Å²) >= 11 is 0. The molecule has 0 aliphatic rings. The van der Waals surface area contributed by atoms with Crippen LogP contribution in [0.2, 0.25) is 0 Å². The van der Waals surface area contributed by atoms with Gasteiger partial charge in [0.15, 0.2) is 0 Å². The summed E-state index contributed by atoms with van der Waals surface area (Å²) < 4.78 is 16.9. The number of ether oxygens (including phenoxy) is 2. The number of nitrogens with one attached hydrogen (secondary N) is 1. The van der Waals surface area contributed by atoms with Crippen LogP contribution in [0.25, 0.3) is 21.9 Å². The third-order valence-corrected chi connectivity index (χ3v) is 5.07. The van der Waals surface area contributed by atoms with Crippen molar-refractivity contribution in [3.8, 4) is 11.5 Å². The Hall–Kier alpha value is -3.51. The topological polar surface area (TPSA) is 63.9 Å². The number of fused-ring (bicyclic) bond motifs is 3. The zero-order valence-corrected chi connectivity index (χ0v) is 18.0. The van der Waals surface area contributed by atoms with Gasteiger partial charge in [0.25, 0.3) is 0 Å². The van der Waals surface area contributed by atoms with Crippen molar-refractivity contribution >= 4 is 33.5 Å². The van der Waals surface area contributed by atoms with E-state index in [1.54, 1.807) is 7.11 Å². The minimum Gasteiger partial charge on any atom is -0.495 e. The van der Waals surface area contributed by atoms with Gasteiger partial charge in [-0.25, -0.2) is 0 Å². The first-order valence-electron chi connectivity index (χ1n) is 10.3. The number of hydrogen-bond donors (Lipinski definition) is 1. The molecule has 0 saturated carbocycles. The van der Waals surface area contributed by atoms with Gasteiger partial charge in [0.1, 0.15) is 22.7 Å². The third-order valence-electron chi connectivity index (χ3n) is 5.07. The number of likely N-dealkylation sites (N-methyl/N-ethyl adjacent to an activating group) is 1. The van der Waals surface area contributed by atoms with Crippen molar-refractivity contribution in [3.05, 3.63) is 66.2 Å².